The Morgan fingerprint density at radius 1 is 1.05 bits per heavy atom. The molecule has 0 aromatic carbocycles. The van der Waals surface area contributed by atoms with Crippen LogP contribution < -0.4 is 10.6 Å². The van der Waals surface area contributed by atoms with Gasteiger partial charge in [-0.2, -0.15) is 0 Å². The second-order valence-corrected chi connectivity index (χ2v) is 5.44. The molecule has 0 bridgehead atoms. The monoisotopic (exact) mass is 318 g/mol. The lowest BCUT2D eigenvalue weighted by atomic mass is 10.3. The maximum Gasteiger partial charge on any atom is 0.149 e. The molecule has 2 N–H and O–H groups in total. The van der Waals surface area contributed by atoms with Crippen molar-refractivity contribution in [2.24, 2.45) is 0 Å². The summed E-state index contributed by atoms with van der Waals surface area (Å²) in [6.07, 6.45) is 1.07. The number of nitrogens with two attached hydrogens (primary N) is 1. The van der Waals surface area contributed by atoms with Crippen molar-refractivity contribution < 1.29 is 0 Å². The molecule has 0 aliphatic heterocycles. The number of pyridine rings is 1. The van der Waals surface area contributed by atoms with E-state index >= 15 is 0 Å². The molecule has 1 aromatic heterocycles. The van der Waals surface area contributed by atoms with Crippen LogP contribution in [0.25, 0.3) is 0 Å². The molecule has 0 amide bonds. The van der Waals surface area contributed by atoms with Crippen LogP contribution in [0.15, 0.2) is 6.07 Å². The van der Waals surface area contributed by atoms with Gasteiger partial charge in [-0.05, 0) is 39.0 Å². The molecular formula is C14H24Cl2N4. The van der Waals surface area contributed by atoms with Crippen LogP contribution >= 0.6 is 23.2 Å². The van der Waals surface area contributed by atoms with Crippen LogP contribution in [0.3, 0.4) is 0 Å². The maximum absolute atomic E-state index is 6.22. The van der Waals surface area contributed by atoms with Gasteiger partial charge in [0.2, 0.25) is 0 Å². The SMILES string of the molecule is CCN(CC)CCCN(CC)c1nc(N)c(Cl)cc1Cl. The number of anilines is 2. The van der Waals surface area contributed by atoms with Crippen molar-refractivity contribution in [3.8, 4) is 0 Å². The van der Waals surface area contributed by atoms with Crippen LogP contribution in [0.2, 0.25) is 10.0 Å². The number of rotatable bonds is 8. The Hall–Kier alpha value is -0.710. The smallest absolute Gasteiger partial charge is 0.149 e. The Bertz CT molecular complexity index is 422. The van der Waals surface area contributed by atoms with Gasteiger partial charge in [0.05, 0.1) is 10.0 Å². The van der Waals surface area contributed by atoms with Gasteiger partial charge in [-0.1, -0.05) is 37.0 Å². The zero-order valence-electron chi connectivity index (χ0n) is 12.5. The number of nitrogens with zero attached hydrogens (tertiary/aromatic N) is 3. The first-order valence-corrected chi connectivity index (χ1v) is 7.87. The average molecular weight is 319 g/mol. The van der Waals surface area contributed by atoms with E-state index in [0.717, 1.165) is 45.0 Å². The van der Waals surface area contributed by atoms with Gasteiger partial charge in [0.25, 0.3) is 0 Å². The fourth-order valence-electron chi connectivity index (χ4n) is 2.13. The fourth-order valence-corrected chi connectivity index (χ4v) is 2.61. The van der Waals surface area contributed by atoms with E-state index < -0.39 is 0 Å². The lowest BCUT2D eigenvalue weighted by Crippen LogP contribution is -2.30. The highest BCUT2D eigenvalue weighted by Gasteiger charge is 2.13. The molecule has 0 aliphatic carbocycles. The third-order valence-electron chi connectivity index (χ3n) is 3.42. The van der Waals surface area contributed by atoms with Crippen LogP contribution in [0, 0.1) is 0 Å². The number of aromatic nitrogens is 1. The molecule has 0 aliphatic rings. The lowest BCUT2D eigenvalue weighted by molar-refractivity contribution is 0.300. The summed E-state index contributed by atoms with van der Waals surface area (Å²) in [5.74, 6) is 1.05. The summed E-state index contributed by atoms with van der Waals surface area (Å²) >= 11 is 12.1. The largest absolute Gasteiger partial charge is 0.382 e. The van der Waals surface area contributed by atoms with E-state index in [0.29, 0.717) is 15.9 Å². The molecule has 1 aromatic rings. The predicted octanol–water partition coefficient (Wildman–Crippen LogP) is 3.53. The summed E-state index contributed by atoms with van der Waals surface area (Å²) in [5, 5.41) is 0.951. The standard InChI is InChI=1S/C14H24Cl2N4/c1-4-19(5-2)8-7-9-20(6-3)14-12(16)10-11(15)13(17)18-14/h10H,4-9H2,1-3H3,(H2,17,18). The number of halogens is 2. The van der Waals surface area contributed by atoms with Crippen molar-refractivity contribution in [2.75, 3.05) is 43.4 Å². The number of hydrogen-bond donors (Lipinski definition) is 1. The highest BCUT2D eigenvalue weighted by molar-refractivity contribution is 6.37. The molecule has 6 heteroatoms. The predicted molar refractivity (Wildman–Crippen MR) is 89.0 cm³/mol. The fraction of sp³-hybridized carbons (Fsp3) is 0.643. The van der Waals surface area contributed by atoms with Gasteiger partial charge in [0, 0.05) is 13.1 Å². The Kier molecular flexibility index (Phi) is 7.41. The Labute approximate surface area is 131 Å². The summed E-state index contributed by atoms with van der Waals surface area (Å²) in [7, 11) is 0. The summed E-state index contributed by atoms with van der Waals surface area (Å²) in [5.41, 5.74) is 5.77. The van der Waals surface area contributed by atoms with Crippen LogP contribution in [0.4, 0.5) is 11.6 Å². The molecule has 114 valence electrons. The van der Waals surface area contributed by atoms with E-state index in [1.54, 1.807) is 6.07 Å². The molecule has 20 heavy (non-hydrogen) atoms. The Morgan fingerprint density at radius 2 is 1.70 bits per heavy atom. The first-order valence-electron chi connectivity index (χ1n) is 7.12. The Morgan fingerprint density at radius 3 is 2.25 bits per heavy atom. The summed E-state index contributed by atoms with van der Waals surface area (Å²) < 4.78 is 0. The van der Waals surface area contributed by atoms with E-state index in [1.807, 2.05) is 0 Å². The molecule has 0 atom stereocenters. The van der Waals surface area contributed by atoms with Gasteiger partial charge in [-0.25, -0.2) is 4.98 Å². The third-order valence-corrected chi connectivity index (χ3v) is 4.00. The van der Waals surface area contributed by atoms with Crippen molar-refractivity contribution in [1.82, 2.24) is 9.88 Å². The molecule has 0 saturated carbocycles. The second-order valence-electron chi connectivity index (χ2n) is 4.62. The van der Waals surface area contributed by atoms with E-state index in [1.165, 1.54) is 0 Å². The minimum Gasteiger partial charge on any atom is -0.382 e. The quantitative estimate of drug-likeness (QED) is 0.796. The van der Waals surface area contributed by atoms with Crippen molar-refractivity contribution in [2.45, 2.75) is 27.2 Å². The van der Waals surface area contributed by atoms with Gasteiger partial charge in [-0.3, -0.25) is 0 Å². The highest BCUT2D eigenvalue weighted by Crippen LogP contribution is 2.29. The van der Waals surface area contributed by atoms with Crippen LogP contribution in [-0.2, 0) is 0 Å². The van der Waals surface area contributed by atoms with E-state index in [-0.39, 0.29) is 0 Å². The average Bonchev–Trinajstić information content (AvgIpc) is 2.44. The van der Waals surface area contributed by atoms with Gasteiger partial charge < -0.3 is 15.5 Å². The second kappa shape index (κ2) is 8.55. The van der Waals surface area contributed by atoms with Crippen LogP contribution in [0.5, 0.6) is 0 Å². The zero-order chi connectivity index (χ0) is 15.1. The summed E-state index contributed by atoms with van der Waals surface area (Å²) in [4.78, 5) is 8.85. The molecule has 4 nitrogen and oxygen atoms in total. The molecule has 0 radical (unpaired) electrons. The van der Waals surface area contributed by atoms with Gasteiger partial charge in [0.1, 0.15) is 11.6 Å². The summed E-state index contributed by atoms with van der Waals surface area (Å²) in [6, 6.07) is 1.66. The molecule has 0 unspecified atom stereocenters. The normalized spacial score (nSPS) is 11.1. The van der Waals surface area contributed by atoms with Crippen molar-refractivity contribution >= 4 is 34.8 Å². The lowest BCUT2D eigenvalue weighted by Gasteiger charge is -2.25. The van der Waals surface area contributed by atoms with Crippen LogP contribution in [-0.4, -0.2) is 42.6 Å². The molecular weight excluding hydrogens is 295 g/mol. The third kappa shape index (κ3) is 4.69. The van der Waals surface area contributed by atoms with Crippen molar-refractivity contribution in [3.05, 3.63) is 16.1 Å². The minimum absolute atomic E-state index is 0.327. The molecule has 0 saturated heterocycles. The van der Waals surface area contributed by atoms with E-state index in [4.69, 9.17) is 28.9 Å². The van der Waals surface area contributed by atoms with Crippen molar-refractivity contribution in [3.63, 3.8) is 0 Å². The molecule has 0 spiro atoms. The zero-order valence-corrected chi connectivity index (χ0v) is 14.0. The molecule has 1 rings (SSSR count). The van der Waals surface area contributed by atoms with Gasteiger partial charge in [0.15, 0.2) is 0 Å². The Balaban J connectivity index is 2.69. The number of hydrogen-bond acceptors (Lipinski definition) is 4. The molecule has 0 fully saturated rings. The summed E-state index contributed by atoms with van der Waals surface area (Å²) in [6.45, 7) is 11.4. The first-order chi connectivity index (χ1) is 9.53. The maximum atomic E-state index is 6.22. The number of nitrogen functional groups attached to an aromatic ring is 1. The van der Waals surface area contributed by atoms with Gasteiger partial charge in [-0.15, -0.1) is 0 Å². The topological polar surface area (TPSA) is 45.4 Å². The minimum atomic E-state index is 0.327. The first kappa shape index (κ1) is 17.3. The van der Waals surface area contributed by atoms with E-state index in [9.17, 15) is 0 Å². The van der Waals surface area contributed by atoms with Gasteiger partial charge >= 0.3 is 0 Å². The molecule has 1 heterocycles. The van der Waals surface area contributed by atoms with E-state index in [2.05, 4.69) is 35.6 Å². The van der Waals surface area contributed by atoms with Crippen LogP contribution in [0.1, 0.15) is 27.2 Å². The highest BCUT2D eigenvalue weighted by atomic mass is 35.5. The van der Waals surface area contributed by atoms with Crippen molar-refractivity contribution in [1.29, 1.82) is 0 Å².